The average Bonchev–Trinajstić information content (AvgIpc) is 2.06. The van der Waals surface area contributed by atoms with Crippen molar-refractivity contribution in [1.82, 2.24) is 10.2 Å². The van der Waals surface area contributed by atoms with Crippen LogP contribution in [-0.2, 0) is 9.84 Å². The fraction of sp³-hybridized carbons (Fsp3) is 0.818. The summed E-state index contributed by atoms with van der Waals surface area (Å²) < 4.78 is 22.9. The highest BCUT2D eigenvalue weighted by molar-refractivity contribution is 7.91. The zero-order valence-electron chi connectivity index (χ0n) is 9.99. The van der Waals surface area contributed by atoms with E-state index in [9.17, 15) is 8.42 Å². The van der Waals surface area contributed by atoms with E-state index in [-0.39, 0.29) is 6.04 Å². The maximum atomic E-state index is 11.4. The monoisotopic (exact) mass is 244 g/mol. The van der Waals surface area contributed by atoms with Crippen molar-refractivity contribution in [2.75, 3.05) is 37.7 Å². The Morgan fingerprint density at radius 3 is 2.69 bits per heavy atom. The fourth-order valence-corrected chi connectivity index (χ4v) is 3.86. The second-order valence-electron chi connectivity index (χ2n) is 4.92. The summed E-state index contributed by atoms with van der Waals surface area (Å²) in [7, 11) is -2.78. The van der Waals surface area contributed by atoms with Crippen LogP contribution in [0.25, 0.3) is 0 Å². The van der Waals surface area contributed by atoms with E-state index in [1.807, 2.05) is 6.92 Å². The van der Waals surface area contributed by atoms with E-state index in [1.165, 1.54) is 11.1 Å². The predicted octanol–water partition coefficient (Wildman–Crippen LogP) is 0.0250. The van der Waals surface area contributed by atoms with E-state index in [2.05, 4.69) is 17.1 Å². The number of nitrogens with zero attached hydrogens (tertiary/aromatic N) is 1. The van der Waals surface area contributed by atoms with Crippen LogP contribution in [0.5, 0.6) is 0 Å². The first kappa shape index (κ1) is 12.1. The van der Waals surface area contributed by atoms with E-state index >= 15 is 0 Å². The third-order valence-electron chi connectivity index (χ3n) is 3.53. The summed E-state index contributed by atoms with van der Waals surface area (Å²) in [6.07, 6.45) is 0. The molecule has 2 rings (SSSR count). The zero-order chi connectivity index (χ0) is 11.8. The molecule has 0 aromatic heterocycles. The number of hydrogen-bond donors (Lipinski definition) is 1. The van der Waals surface area contributed by atoms with Crippen LogP contribution in [0.4, 0.5) is 0 Å². The van der Waals surface area contributed by atoms with Gasteiger partial charge in [-0.05, 0) is 19.4 Å². The minimum atomic E-state index is -2.78. The van der Waals surface area contributed by atoms with Gasteiger partial charge in [-0.25, -0.2) is 8.42 Å². The summed E-state index contributed by atoms with van der Waals surface area (Å²) in [4.78, 5) is 2.28. The highest BCUT2D eigenvalue weighted by Crippen LogP contribution is 2.16. The molecule has 1 atom stereocenters. The minimum Gasteiger partial charge on any atom is -0.309 e. The summed E-state index contributed by atoms with van der Waals surface area (Å²) in [5, 5.41) is 3.23. The molecular weight excluding hydrogens is 224 g/mol. The third-order valence-corrected chi connectivity index (χ3v) is 5.32. The molecule has 2 heterocycles. The van der Waals surface area contributed by atoms with Gasteiger partial charge in [-0.1, -0.05) is 5.57 Å². The van der Waals surface area contributed by atoms with Crippen molar-refractivity contribution in [3.8, 4) is 0 Å². The van der Waals surface area contributed by atoms with Gasteiger partial charge in [-0.15, -0.1) is 0 Å². The molecule has 0 radical (unpaired) electrons. The standard InChI is InChI=1S/C11H20N2O2S/c1-9(11-5-12-6-11)7-13-3-4-16(14,15)8-10(13)2/h10,12H,3-8H2,1-2H3. The molecule has 1 unspecified atom stereocenters. The Hall–Kier alpha value is -0.390. The van der Waals surface area contributed by atoms with Gasteiger partial charge in [-0.2, -0.15) is 0 Å². The lowest BCUT2D eigenvalue weighted by molar-refractivity contribution is 0.244. The molecule has 0 aliphatic carbocycles. The van der Waals surface area contributed by atoms with Crippen LogP contribution >= 0.6 is 0 Å². The average molecular weight is 244 g/mol. The highest BCUT2D eigenvalue weighted by Gasteiger charge is 2.28. The van der Waals surface area contributed by atoms with Crippen molar-refractivity contribution < 1.29 is 8.42 Å². The molecule has 4 nitrogen and oxygen atoms in total. The summed E-state index contributed by atoms with van der Waals surface area (Å²) in [6.45, 7) is 7.79. The zero-order valence-corrected chi connectivity index (χ0v) is 10.8. The van der Waals surface area contributed by atoms with Crippen LogP contribution < -0.4 is 5.32 Å². The van der Waals surface area contributed by atoms with Crippen LogP contribution in [0.15, 0.2) is 11.1 Å². The van der Waals surface area contributed by atoms with Gasteiger partial charge in [0.05, 0.1) is 11.5 Å². The molecule has 2 aliphatic rings. The largest absolute Gasteiger partial charge is 0.309 e. The second kappa shape index (κ2) is 4.47. The minimum absolute atomic E-state index is 0.155. The molecule has 2 fully saturated rings. The van der Waals surface area contributed by atoms with Crippen molar-refractivity contribution >= 4 is 9.84 Å². The number of hydrogen-bond acceptors (Lipinski definition) is 4. The smallest absolute Gasteiger partial charge is 0.153 e. The molecule has 0 saturated carbocycles. The SMILES string of the molecule is CC(CN1CCS(=O)(=O)CC1C)=C1CNC1. The molecule has 0 spiro atoms. The predicted molar refractivity (Wildman–Crippen MR) is 65.3 cm³/mol. The van der Waals surface area contributed by atoms with Crippen LogP contribution in [0.2, 0.25) is 0 Å². The normalized spacial score (nSPS) is 29.9. The topological polar surface area (TPSA) is 49.4 Å². The van der Waals surface area contributed by atoms with Gasteiger partial charge in [0, 0.05) is 32.2 Å². The molecule has 2 saturated heterocycles. The molecular formula is C11H20N2O2S. The number of sulfone groups is 1. The van der Waals surface area contributed by atoms with Gasteiger partial charge < -0.3 is 5.32 Å². The number of rotatable bonds is 2. The maximum Gasteiger partial charge on any atom is 0.153 e. The molecule has 0 amide bonds. The van der Waals surface area contributed by atoms with Gasteiger partial charge >= 0.3 is 0 Å². The van der Waals surface area contributed by atoms with Crippen LogP contribution in [0.1, 0.15) is 13.8 Å². The van der Waals surface area contributed by atoms with Crippen molar-refractivity contribution in [2.45, 2.75) is 19.9 Å². The Labute approximate surface area is 97.6 Å². The Balaban J connectivity index is 1.96. The van der Waals surface area contributed by atoms with Crippen LogP contribution in [-0.4, -0.2) is 57.0 Å². The lowest BCUT2D eigenvalue weighted by atomic mass is 10.0. The van der Waals surface area contributed by atoms with E-state index in [0.29, 0.717) is 18.1 Å². The molecule has 0 aromatic carbocycles. The van der Waals surface area contributed by atoms with Gasteiger partial charge in [0.1, 0.15) is 0 Å². The molecule has 2 aliphatic heterocycles. The van der Waals surface area contributed by atoms with Crippen LogP contribution in [0, 0.1) is 0 Å². The summed E-state index contributed by atoms with van der Waals surface area (Å²) in [6, 6.07) is 0.155. The first-order chi connectivity index (χ1) is 7.48. The lowest BCUT2D eigenvalue weighted by Crippen LogP contribution is -2.48. The Morgan fingerprint density at radius 2 is 2.19 bits per heavy atom. The van der Waals surface area contributed by atoms with Gasteiger partial charge in [-0.3, -0.25) is 4.90 Å². The lowest BCUT2D eigenvalue weighted by Gasteiger charge is -2.34. The Morgan fingerprint density at radius 1 is 1.50 bits per heavy atom. The van der Waals surface area contributed by atoms with E-state index in [4.69, 9.17) is 0 Å². The van der Waals surface area contributed by atoms with Crippen LogP contribution in [0.3, 0.4) is 0 Å². The van der Waals surface area contributed by atoms with Crippen molar-refractivity contribution in [3.05, 3.63) is 11.1 Å². The molecule has 1 N–H and O–H groups in total. The van der Waals surface area contributed by atoms with E-state index in [1.54, 1.807) is 0 Å². The van der Waals surface area contributed by atoms with Crippen molar-refractivity contribution in [3.63, 3.8) is 0 Å². The Kier molecular flexibility index (Phi) is 3.37. The Bertz CT molecular complexity index is 394. The first-order valence-corrected chi connectivity index (χ1v) is 7.63. The third kappa shape index (κ3) is 2.64. The van der Waals surface area contributed by atoms with Gasteiger partial charge in [0.2, 0.25) is 0 Å². The van der Waals surface area contributed by atoms with Crippen molar-refractivity contribution in [2.24, 2.45) is 0 Å². The van der Waals surface area contributed by atoms with Gasteiger partial charge in [0.25, 0.3) is 0 Å². The molecule has 0 aromatic rings. The van der Waals surface area contributed by atoms with Crippen molar-refractivity contribution in [1.29, 1.82) is 0 Å². The van der Waals surface area contributed by atoms with Gasteiger partial charge in [0.15, 0.2) is 9.84 Å². The number of nitrogens with one attached hydrogen (secondary N) is 1. The fourth-order valence-electron chi connectivity index (χ4n) is 2.24. The second-order valence-corrected chi connectivity index (χ2v) is 7.15. The summed E-state index contributed by atoms with van der Waals surface area (Å²) >= 11 is 0. The molecule has 16 heavy (non-hydrogen) atoms. The molecule has 5 heteroatoms. The highest BCUT2D eigenvalue weighted by atomic mass is 32.2. The molecule has 0 bridgehead atoms. The summed E-state index contributed by atoms with van der Waals surface area (Å²) in [5.74, 6) is 0.631. The van der Waals surface area contributed by atoms with E-state index < -0.39 is 9.84 Å². The molecule has 92 valence electrons. The summed E-state index contributed by atoms with van der Waals surface area (Å²) in [5.41, 5.74) is 2.89. The first-order valence-electron chi connectivity index (χ1n) is 5.80. The van der Waals surface area contributed by atoms with E-state index in [0.717, 1.165) is 19.6 Å². The maximum absolute atomic E-state index is 11.4. The quantitative estimate of drug-likeness (QED) is 0.696.